The number of amides is 1. The quantitative estimate of drug-likeness (QED) is 0.554. The van der Waals surface area contributed by atoms with Crippen molar-refractivity contribution in [2.24, 2.45) is 0 Å². The van der Waals surface area contributed by atoms with Crippen LogP contribution in [0.15, 0.2) is 48.9 Å². The minimum Gasteiger partial charge on any atom is -0.322 e. The first-order valence-electron chi connectivity index (χ1n) is 6.86. The van der Waals surface area contributed by atoms with Crippen LogP contribution in [0.4, 0.5) is 5.69 Å². The molecule has 2 N–H and O–H groups in total. The Morgan fingerprint density at radius 3 is 2.96 bits per heavy atom. The molecule has 0 radical (unpaired) electrons. The van der Waals surface area contributed by atoms with Gasteiger partial charge in [-0.05, 0) is 30.3 Å². The van der Waals surface area contributed by atoms with Crippen LogP contribution in [0, 0.1) is 0 Å². The molecule has 4 rings (SSSR count). The number of hydrogen-bond donors (Lipinski definition) is 2. The Hall–Kier alpha value is -2.99. The number of anilines is 1. The lowest BCUT2D eigenvalue weighted by atomic mass is 10.1. The fourth-order valence-electron chi connectivity index (χ4n) is 2.43. The standard InChI is InChI=1S/C16H10ClN5O/c17-15-11(2-1-5-18-15)16(23)21-10-3-4-13-12(6-10)14-9(7-19-13)8-20-22-14/h1-8H,(H,20,22)(H,21,23). The first-order chi connectivity index (χ1) is 11.2. The van der Waals surface area contributed by atoms with Crippen LogP contribution < -0.4 is 5.32 Å². The Morgan fingerprint density at radius 2 is 2.09 bits per heavy atom. The zero-order valence-electron chi connectivity index (χ0n) is 11.7. The van der Waals surface area contributed by atoms with E-state index in [1.54, 1.807) is 30.6 Å². The van der Waals surface area contributed by atoms with E-state index in [1.165, 1.54) is 6.20 Å². The number of carbonyl (C=O) groups excluding carboxylic acids is 1. The molecule has 0 unspecified atom stereocenters. The Labute approximate surface area is 135 Å². The van der Waals surface area contributed by atoms with Gasteiger partial charge < -0.3 is 5.32 Å². The molecular weight excluding hydrogens is 314 g/mol. The van der Waals surface area contributed by atoms with E-state index < -0.39 is 0 Å². The smallest absolute Gasteiger partial charge is 0.258 e. The number of aromatic amines is 1. The summed E-state index contributed by atoms with van der Waals surface area (Å²) in [6, 6.07) is 8.78. The van der Waals surface area contributed by atoms with Crippen molar-refractivity contribution in [1.29, 1.82) is 0 Å². The number of fused-ring (bicyclic) bond motifs is 3. The van der Waals surface area contributed by atoms with Crippen molar-refractivity contribution in [2.45, 2.75) is 0 Å². The summed E-state index contributed by atoms with van der Waals surface area (Å²) in [5.74, 6) is -0.313. The number of pyridine rings is 2. The number of nitrogens with zero attached hydrogens (tertiary/aromatic N) is 3. The highest BCUT2D eigenvalue weighted by Crippen LogP contribution is 2.25. The average Bonchev–Trinajstić information content (AvgIpc) is 3.04. The molecule has 4 aromatic rings. The van der Waals surface area contributed by atoms with Gasteiger partial charge in [-0.15, -0.1) is 0 Å². The minimum atomic E-state index is -0.313. The Bertz CT molecular complexity index is 1040. The maximum absolute atomic E-state index is 12.3. The number of carbonyl (C=O) groups is 1. The highest BCUT2D eigenvalue weighted by Gasteiger charge is 2.12. The molecule has 0 fully saturated rings. The molecule has 23 heavy (non-hydrogen) atoms. The van der Waals surface area contributed by atoms with E-state index in [9.17, 15) is 4.79 Å². The van der Waals surface area contributed by atoms with Gasteiger partial charge in [0.1, 0.15) is 5.15 Å². The number of halogens is 1. The number of aromatic nitrogens is 4. The summed E-state index contributed by atoms with van der Waals surface area (Å²) < 4.78 is 0. The predicted molar refractivity (Wildman–Crippen MR) is 88.6 cm³/mol. The maximum atomic E-state index is 12.3. The summed E-state index contributed by atoms with van der Waals surface area (Å²) in [5.41, 5.74) is 2.67. The van der Waals surface area contributed by atoms with Crippen molar-refractivity contribution in [3.63, 3.8) is 0 Å². The van der Waals surface area contributed by atoms with Gasteiger partial charge in [-0.3, -0.25) is 14.9 Å². The van der Waals surface area contributed by atoms with Crippen LogP contribution in [0.5, 0.6) is 0 Å². The summed E-state index contributed by atoms with van der Waals surface area (Å²) in [6.45, 7) is 0. The number of nitrogens with one attached hydrogen (secondary N) is 2. The molecule has 0 bridgehead atoms. The lowest BCUT2D eigenvalue weighted by Crippen LogP contribution is -2.12. The number of H-pyrrole nitrogens is 1. The van der Waals surface area contributed by atoms with Gasteiger partial charge in [0.2, 0.25) is 0 Å². The molecule has 0 spiro atoms. The Morgan fingerprint density at radius 1 is 1.17 bits per heavy atom. The number of hydrogen-bond acceptors (Lipinski definition) is 4. The zero-order chi connectivity index (χ0) is 15.8. The van der Waals surface area contributed by atoms with Crippen LogP contribution in [0.2, 0.25) is 5.15 Å². The van der Waals surface area contributed by atoms with E-state index in [0.29, 0.717) is 11.3 Å². The molecule has 3 aromatic heterocycles. The van der Waals surface area contributed by atoms with Crippen molar-refractivity contribution in [1.82, 2.24) is 20.2 Å². The third-order valence-corrected chi connectivity index (χ3v) is 3.84. The van der Waals surface area contributed by atoms with Gasteiger partial charge in [0.15, 0.2) is 0 Å². The lowest BCUT2D eigenvalue weighted by Gasteiger charge is -2.07. The van der Waals surface area contributed by atoms with Crippen LogP contribution in [-0.4, -0.2) is 26.1 Å². The molecule has 0 aliphatic rings. The van der Waals surface area contributed by atoms with Gasteiger partial charge in [-0.2, -0.15) is 5.10 Å². The molecular formula is C16H10ClN5O. The van der Waals surface area contributed by atoms with E-state index in [0.717, 1.165) is 21.8 Å². The summed E-state index contributed by atoms with van der Waals surface area (Å²) in [4.78, 5) is 20.6. The molecule has 0 saturated heterocycles. The Balaban J connectivity index is 1.74. The predicted octanol–water partition coefficient (Wildman–Crippen LogP) is 3.41. The monoisotopic (exact) mass is 323 g/mol. The molecule has 1 aromatic carbocycles. The molecule has 0 atom stereocenters. The van der Waals surface area contributed by atoms with Crippen LogP contribution in [0.3, 0.4) is 0 Å². The van der Waals surface area contributed by atoms with E-state index in [4.69, 9.17) is 11.6 Å². The second-order valence-electron chi connectivity index (χ2n) is 4.99. The third-order valence-electron chi connectivity index (χ3n) is 3.54. The summed E-state index contributed by atoms with van der Waals surface area (Å²) in [7, 11) is 0. The molecule has 1 amide bonds. The van der Waals surface area contributed by atoms with Crippen molar-refractivity contribution in [3.8, 4) is 0 Å². The lowest BCUT2D eigenvalue weighted by molar-refractivity contribution is 0.102. The molecule has 6 nitrogen and oxygen atoms in total. The van der Waals surface area contributed by atoms with Crippen LogP contribution in [0.1, 0.15) is 10.4 Å². The van der Waals surface area contributed by atoms with Gasteiger partial charge in [0.05, 0.1) is 22.8 Å². The van der Waals surface area contributed by atoms with Crippen LogP contribution >= 0.6 is 11.6 Å². The van der Waals surface area contributed by atoms with Crippen molar-refractivity contribution in [2.75, 3.05) is 5.32 Å². The Kier molecular flexibility index (Phi) is 3.17. The summed E-state index contributed by atoms with van der Waals surface area (Å²) in [6.07, 6.45) is 5.01. The van der Waals surface area contributed by atoms with Gasteiger partial charge in [-0.1, -0.05) is 11.6 Å². The maximum Gasteiger partial charge on any atom is 0.258 e. The first-order valence-corrected chi connectivity index (χ1v) is 7.24. The van der Waals surface area contributed by atoms with E-state index in [-0.39, 0.29) is 11.1 Å². The normalized spacial score (nSPS) is 11.0. The van der Waals surface area contributed by atoms with Gasteiger partial charge in [-0.25, -0.2) is 4.98 Å². The molecule has 112 valence electrons. The largest absolute Gasteiger partial charge is 0.322 e. The van der Waals surface area contributed by atoms with Crippen molar-refractivity contribution in [3.05, 3.63) is 59.6 Å². The fourth-order valence-corrected chi connectivity index (χ4v) is 2.63. The SMILES string of the molecule is O=C(Nc1ccc2ncc3cn[nH]c3c2c1)c1cccnc1Cl. The molecule has 3 heterocycles. The van der Waals surface area contributed by atoms with E-state index in [1.807, 2.05) is 12.1 Å². The molecule has 0 aliphatic carbocycles. The molecule has 0 saturated carbocycles. The van der Waals surface area contributed by atoms with Crippen LogP contribution in [0.25, 0.3) is 21.8 Å². The van der Waals surface area contributed by atoms with E-state index in [2.05, 4.69) is 25.5 Å². The number of benzene rings is 1. The van der Waals surface area contributed by atoms with Gasteiger partial charge >= 0.3 is 0 Å². The highest BCUT2D eigenvalue weighted by atomic mass is 35.5. The van der Waals surface area contributed by atoms with Crippen LogP contribution in [-0.2, 0) is 0 Å². The highest BCUT2D eigenvalue weighted by molar-refractivity contribution is 6.33. The van der Waals surface area contributed by atoms with Crippen molar-refractivity contribution < 1.29 is 4.79 Å². The zero-order valence-corrected chi connectivity index (χ0v) is 12.5. The topological polar surface area (TPSA) is 83.6 Å². The average molecular weight is 324 g/mol. The fraction of sp³-hybridized carbons (Fsp3) is 0. The van der Waals surface area contributed by atoms with Gasteiger partial charge in [0.25, 0.3) is 5.91 Å². The first kappa shape index (κ1) is 13.7. The third kappa shape index (κ3) is 2.39. The van der Waals surface area contributed by atoms with Gasteiger partial charge in [0, 0.05) is 28.9 Å². The second kappa shape index (κ2) is 5.33. The number of rotatable bonds is 2. The minimum absolute atomic E-state index is 0.170. The summed E-state index contributed by atoms with van der Waals surface area (Å²) >= 11 is 5.95. The second-order valence-corrected chi connectivity index (χ2v) is 5.34. The van der Waals surface area contributed by atoms with E-state index >= 15 is 0 Å². The van der Waals surface area contributed by atoms with Crippen molar-refractivity contribution >= 4 is 45.0 Å². The summed E-state index contributed by atoms with van der Waals surface area (Å²) in [5, 5.41) is 11.8. The molecule has 7 heteroatoms. The molecule has 0 aliphatic heterocycles.